The van der Waals surface area contributed by atoms with Gasteiger partial charge in [0.2, 0.25) is 0 Å². The van der Waals surface area contributed by atoms with Gasteiger partial charge in [0.05, 0.1) is 5.02 Å². The van der Waals surface area contributed by atoms with Crippen LogP contribution in [0.2, 0.25) is 5.02 Å². The Morgan fingerprint density at radius 3 is 2.82 bits per heavy atom. The number of benzene rings is 1. The molecule has 0 aliphatic heterocycles. The van der Waals surface area contributed by atoms with Crippen molar-refractivity contribution in [1.82, 2.24) is 5.32 Å². The van der Waals surface area contributed by atoms with Gasteiger partial charge in [-0.1, -0.05) is 24.6 Å². The van der Waals surface area contributed by atoms with Crippen LogP contribution >= 0.6 is 27.5 Å². The van der Waals surface area contributed by atoms with E-state index in [9.17, 15) is 0 Å². The summed E-state index contributed by atoms with van der Waals surface area (Å²) in [7, 11) is 0. The van der Waals surface area contributed by atoms with Crippen molar-refractivity contribution in [2.24, 2.45) is 0 Å². The molecule has 0 aromatic heterocycles. The molecule has 92 valence electrons. The van der Waals surface area contributed by atoms with E-state index in [-0.39, 0.29) is 0 Å². The molecular formula is C14H17BrClN. The van der Waals surface area contributed by atoms with E-state index in [0.29, 0.717) is 6.04 Å². The molecule has 1 aromatic rings. The van der Waals surface area contributed by atoms with Crippen molar-refractivity contribution < 1.29 is 0 Å². The molecule has 1 unspecified atom stereocenters. The molecule has 1 atom stereocenters. The van der Waals surface area contributed by atoms with E-state index >= 15 is 0 Å². The van der Waals surface area contributed by atoms with E-state index in [2.05, 4.69) is 46.1 Å². The molecule has 1 rings (SSSR count). The highest BCUT2D eigenvalue weighted by Crippen LogP contribution is 2.27. The highest BCUT2D eigenvalue weighted by molar-refractivity contribution is 9.10. The summed E-state index contributed by atoms with van der Waals surface area (Å²) in [6.45, 7) is 4.93. The summed E-state index contributed by atoms with van der Waals surface area (Å²) in [4.78, 5) is 0. The lowest BCUT2D eigenvalue weighted by Gasteiger charge is -2.17. The second-order valence-electron chi connectivity index (χ2n) is 3.75. The minimum Gasteiger partial charge on any atom is -0.310 e. The Morgan fingerprint density at radius 2 is 2.24 bits per heavy atom. The van der Waals surface area contributed by atoms with E-state index in [1.54, 1.807) is 0 Å². The molecule has 0 radical (unpaired) electrons. The van der Waals surface area contributed by atoms with Crippen molar-refractivity contribution in [1.29, 1.82) is 0 Å². The average molecular weight is 315 g/mol. The number of nitrogens with one attached hydrogen (secondary N) is 1. The zero-order valence-corrected chi connectivity index (χ0v) is 12.5. The smallest absolute Gasteiger partial charge is 0.0551 e. The zero-order chi connectivity index (χ0) is 12.7. The summed E-state index contributed by atoms with van der Waals surface area (Å²) in [6, 6.07) is 6.43. The van der Waals surface area contributed by atoms with Gasteiger partial charge in [-0.2, -0.15) is 0 Å². The van der Waals surface area contributed by atoms with Gasteiger partial charge < -0.3 is 5.32 Å². The molecule has 1 aromatic carbocycles. The van der Waals surface area contributed by atoms with Crippen LogP contribution in [0.1, 0.15) is 38.3 Å². The Kier molecular flexibility index (Phi) is 6.65. The number of rotatable bonds is 5. The van der Waals surface area contributed by atoms with Crippen molar-refractivity contribution in [2.45, 2.75) is 32.7 Å². The molecule has 0 bridgehead atoms. The molecule has 3 heteroatoms. The second-order valence-corrected chi connectivity index (χ2v) is 5.01. The minimum atomic E-state index is 0.325. The minimum absolute atomic E-state index is 0.325. The fourth-order valence-electron chi connectivity index (χ4n) is 1.70. The number of hydrogen-bond acceptors (Lipinski definition) is 1. The van der Waals surface area contributed by atoms with Crippen LogP contribution in [0.4, 0.5) is 0 Å². The molecule has 1 nitrogen and oxygen atoms in total. The normalized spacial score (nSPS) is 11.8. The van der Waals surface area contributed by atoms with Gasteiger partial charge in [-0.3, -0.25) is 0 Å². The third kappa shape index (κ3) is 4.71. The van der Waals surface area contributed by atoms with Gasteiger partial charge in [-0.05, 0) is 53.5 Å². The van der Waals surface area contributed by atoms with Crippen molar-refractivity contribution in [3.8, 4) is 11.8 Å². The molecule has 0 spiro atoms. The molecule has 0 heterocycles. The Hall–Kier alpha value is -0.490. The third-order valence-electron chi connectivity index (χ3n) is 2.53. The predicted molar refractivity (Wildman–Crippen MR) is 78.3 cm³/mol. The van der Waals surface area contributed by atoms with Crippen LogP contribution in [0.25, 0.3) is 0 Å². The Labute approximate surface area is 117 Å². The summed E-state index contributed by atoms with van der Waals surface area (Å²) in [5.74, 6) is 6.03. The molecule has 0 saturated heterocycles. The quantitative estimate of drug-likeness (QED) is 0.786. The predicted octanol–water partition coefficient (Wildman–Crippen LogP) is 4.56. The zero-order valence-electron chi connectivity index (χ0n) is 10.2. The first kappa shape index (κ1) is 14.6. The van der Waals surface area contributed by atoms with Gasteiger partial charge in [-0.15, -0.1) is 11.8 Å². The van der Waals surface area contributed by atoms with E-state index < -0.39 is 0 Å². The molecule has 0 aliphatic carbocycles. The largest absolute Gasteiger partial charge is 0.310 e. The highest BCUT2D eigenvalue weighted by atomic mass is 79.9. The Bertz CT molecular complexity index is 420. The summed E-state index contributed by atoms with van der Waals surface area (Å²) in [5, 5.41) is 4.22. The van der Waals surface area contributed by atoms with Crippen LogP contribution in [0.5, 0.6) is 0 Å². The van der Waals surface area contributed by atoms with Gasteiger partial charge in [0.15, 0.2) is 0 Å². The standard InChI is InChI=1S/C14H17BrClN/c1-3-5-6-7-14(17-4-2)11-8-9-12(15)13(16)10-11/h8-10,14,17H,4,6-7H2,1-2H3. The van der Waals surface area contributed by atoms with Gasteiger partial charge in [0.25, 0.3) is 0 Å². The molecular weight excluding hydrogens is 298 g/mol. The SMILES string of the molecule is CC#CCCC(NCC)c1ccc(Br)c(Cl)c1. The molecule has 0 fully saturated rings. The summed E-state index contributed by atoms with van der Waals surface area (Å²) >= 11 is 9.52. The maximum atomic E-state index is 6.12. The Balaban J connectivity index is 2.79. The second kappa shape index (κ2) is 7.76. The van der Waals surface area contributed by atoms with Crippen LogP contribution in [-0.4, -0.2) is 6.54 Å². The highest BCUT2D eigenvalue weighted by Gasteiger charge is 2.10. The monoisotopic (exact) mass is 313 g/mol. The molecule has 0 aliphatic rings. The van der Waals surface area contributed by atoms with E-state index in [1.807, 2.05) is 19.1 Å². The van der Waals surface area contributed by atoms with Crippen molar-refractivity contribution in [3.63, 3.8) is 0 Å². The van der Waals surface area contributed by atoms with E-state index in [1.165, 1.54) is 5.56 Å². The third-order valence-corrected chi connectivity index (χ3v) is 3.76. The topological polar surface area (TPSA) is 12.0 Å². The fraction of sp³-hybridized carbons (Fsp3) is 0.429. The summed E-state index contributed by atoms with van der Waals surface area (Å²) < 4.78 is 0.937. The van der Waals surface area contributed by atoms with Crippen LogP contribution < -0.4 is 5.32 Å². The van der Waals surface area contributed by atoms with Gasteiger partial charge in [0, 0.05) is 16.9 Å². The maximum absolute atomic E-state index is 6.12. The molecule has 17 heavy (non-hydrogen) atoms. The van der Waals surface area contributed by atoms with Crippen LogP contribution in [0, 0.1) is 11.8 Å². The van der Waals surface area contributed by atoms with E-state index in [0.717, 1.165) is 28.9 Å². The summed E-state index contributed by atoms with van der Waals surface area (Å²) in [5.41, 5.74) is 1.22. The fourth-order valence-corrected chi connectivity index (χ4v) is 2.14. The summed E-state index contributed by atoms with van der Waals surface area (Å²) in [6.07, 6.45) is 1.91. The maximum Gasteiger partial charge on any atom is 0.0551 e. The molecule has 0 amide bonds. The van der Waals surface area contributed by atoms with Gasteiger partial charge in [-0.25, -0.2) is 0 Å². The first-order valence-electron chi connectivity index (χ1n) is 5.77. The van der Waals surface area contributed by atoms with Crippen molar-refractivity contribution in [2.75, 3.05) is 6.54 Å². The van der Waals surface area contributed by atoms with Crippen LogP contribution in [0.15, 0.2) is 22.7 Å². The van der Waals surface area contributed by atoms with E-state index in [4.69, 9.17) is 11.6 Å². The van der Waals surface area contributed by atoms with Gasteiger partial charge >= 0.3 is 0 Å². The lowest BCUT2D eigenvalue weighted by Crippen LogP contribution is -2.20. The number of halogens is 2. The van der Waals surface area contributed by atoms with Crippen molar-refractivity contribution in [3.05, 3.63) is 33.3 Å². The van der Waals surface area contributed by atoms with Crippen LogP contribution in [0.3, 0.4) is 0 Å². The van der Waals surface area contributed by atoms with Crippen LogP contribution in [-0.2, 0) is 0 Å². The van der Waals surface area contributed by atoms with Gasteiger partial charge in [0.1, 0.15) is 0 Å². The average Bonchev–Trinajstić information content (AvgIpc) is 2.32. The first-order valence-corrected chi connectivity index (χ1v) is 6.94. The lowest BCUT2D eigenvalue weighted by atomic mass is 10.0. The van der Waals surface area contributed by atoms with Crippen molar-refractivity contribution >= 4 is 27.5 Å². The first-order chi connectivity index (χ1) is 8.19. The lowest BCUT2D eigenvalue weighted by molar-refractivity contribution is 0.522. The molecule has 0 saturated carbocycles. The number of hydrogen-bond donors (Lipinski definition) is 1. The Morgan fingerprint density at radius 1 is 1.47 bits per heavy atom. The molecule has 1 N–H and O–H groups in total.